The lowest BCUT2D eigenvalue weighted by atomic mass is 10.1. The Hall–Kier alpha value is -1.22. The molecule has 3 heteroatoms. The van der Waals surface area contributed by atoms with Crippen molar-refractivity contribution < 1.29 is 14.6 Å². The molecular formula is C10H12O3. The van der Waals surface area contributed by atoms with Crippen molar-refractivity contribution in [3.63, 3.8) is 0 Å². The molecule has 1 heterocycles. The van der Waals surface area contributed by atoms with Gasteiger partial charge >= 0.3 is 0 Å². The van der Waals surface area contributed by atoms with Crippen LogP contribution in [0.5, 0.6) is 11.5 Å². The van der Waals surface area contributed by atoms with E-state index in [4.69, 9.17) is 9.47 Å². The van der Waals surface area contributed by atoms with Gasteiger partial charge in [0, 0.05) is 11.6 Å². The molecule has 0 aromatic heterocycles. The molecule has 0 aliphatic carbocycles. The molecule has 0 fully saturated rings. The molecule has 1 N–H and O–H groups in total. The summed E-state index contributed by atoms with van der Waals surface area (Å²) in [5, 5.41) is 9.65. The maximum Gasteiger partial charge on any atom is 0.129 e. The Morgan fingerprint density at radius 2 is 2.23 bits per heavy atom. The summed E-state index contributed by atoms with van der Waals surface area (Å²) in [7, 11) is 1.61. The Morgan fingerprint density at radius 1 is 1.46 bits per heavy atom. The van der Waals surface area contributed by atoms with Crippen LogP contribution in [0.15, 0.2) is 18.2 Å². The SMILES string of the molecule is COc1ccc2c(c1)OC(C)C2O. The van der Waals surface area contributed by atoms with E-state index >= 15 is 0 Å². The van der Waals surface area contributed by atoms with Crippen LogP contribution in [0.4, 0.5) is 0 Å². The first kappa shape index (κ1) is 8.38. The minimum absolute atomic E-state index is 0.165. The summed E-state index contributed by atoms with van der Waals surface area (Å²) in [4.78, 5) is 0. The van der Waals surface area contributed by atoms with Crippen LogP contribution >= 0.6 is 0 Å². The first-order valence-corrected chi connectivity index (χ1v) is 4.25. The molecule has 2 atom stereocenters. The quantitative estimate of drug-likeness (QED) is 0.712. The highest BCUT2D eigenvalue weighted by atomic mass is 16.5. The highest BCUT2D eigenvalue weighted by molar-refractivity contribution is 5.44. The summed E-state index contributed by atoms with van der Waals surface area (Å²) in [6, 6.07) is 5.45. The van der Waals surface area contributed by atoms with E-state index in [1.54, 1.807) is 13.2 Å². The minimum atomic E-state index is -0.513. The van der Waals surface area contributed by atoms with Gasteiger partial charge in [-0.1, -0.05) is 0 Å². The van der Waals surface area contributed by atoms with Gasteiger partial charge in [0.15, 0.2) is 0 Å². The topological polar surface area (TPSA) is 38.7 Å². The fraction of sp³-hybridized carbons (Fsp3) is 0.400. The average molecular weight is 180 g/mol. The maximum absolute atomic E-state index is 9.65. The molecule has 2 rings (SSSR count). The predicted molar refractivity (Wildman–Crippen MR) is 48.0 cm³/mol. The molecule has 0 saturated heterocycles. The normalized spacial score (nSPS) is 25.2. The Kier molecular flexibility index (Phi) is 1.88. The summed E-state index contributed by atoms with van der Waals surface area (Å²) in [6.07, 6.45) is -0.678. The van der Waals surface area contributed by atoms with Crippen molar-refractivity contribution in [1.29, 1.82) is 0 Å². The van der Waals surface area contributed by atoms with Gasteiger partial charge in [0.25, 0.3) is 0 Å². The Morgan fingerprint density at radius 3 is 2.92 bits per heavy atom. The maximum atomic E-state index is 9.65. The third-order valence-corrected chi connectivity index (χ3v) is 2.30. The summed E-state index contributed by atoms with van der Waals surface area (Å²) >= 11 is 0. The van der Waals surface area contributed by atoms with Gasteiger partial charge in [0.1, 0.15) is 23.7 Å². The lowest BCUT2D eigenvalue weighted by Crippen LogP contribution is -2.12. The Balaban J connectivity index is 2.40. The second-order valence-electron chi connectivity index (χ2n) is 3.17. The van der Waals surface area contributed by atoms with Gasteiger partial charge in [0.2, 0.25) is 0 Å². The average Bonchev–Trinajstić information content (AvgIpc) is 2.42. The Bertz CT molecular complexity index is 322. The molecule has 1 aromatic rings. The van der Waals surface area contributed by atoms with Crippen molar-refractivity contribution >= 4 is 0 Å². The third-order valence-electron chi connectivity index (χ3n) is 2.30. The van der Waals surface area contributed by atoms with Crippen molar-refractivity contribution in [3.8, 4) is 11.5 Å². The Labute approximate surface area is 76.9 Å². The largest absolute Gasteiger partial charge is 0.497 e. The summed E-state index contributed by atoms with van der Waals surface area (Å²) in [5.41, 5.74) is 0.841. The van der Waals surface area contributed by atoms with E-state index in [9.17, 15) is 5.11 Å². The number of methoxy groups -OCH3 is 1. The molecule has 0 saturated carbocycles. The minimum Gasteiger partial charge on any atom is -0.497 e. The van der Waals surface area contributed by atoms with Gasteiger partial charge in [-0.2, -0.15) is 0 Å². The molecule has 0 spiro atoms. The van der Waals surface area contributed by atoms with Crippen LogP contribution < -0.4 is 9.47 Å². The van der Waals surface area contributed by atoms with Gasteiger partial charge in [0.05, 0.1) is 7.11 Å². The van der Waals surface area contributed by atoms with Crippen molar-refractivity contribution in [2.45, 2.75) is 19.1 Å². The van der Waals surface area contributed by atoms with E-state index in [0.29, 0.717) is 0 Å². The number of aliphatic hydroxyl groups is 1. The van der Waals surface area contributed by atoms with Gasteiger partial charge in [-0.05, 0) is 19.1 Å². The number of aliphatic hydroxyl groups excluding tert-OH is 1. The molecule has 70 valence electrons. The van der Waals surface area contributed by atoms with E-state index in [1.807, 2.05) is 19.1 Å². The van der Waals surface area contributed by atoms with Crippen molar-refractivity contribution in [1.82, 2.24) is 0 Å². The number of ether oxygens (including phenoxy) is 2. The number of hydrogen-bond acceptors (Lipinski definition) is 3. The van der Waals surface area contributed by atoms with Gasteiger partial charge in [-0.15, -0.1) is 0 Å². The lowest BCUT2D eigenvalue weighted by molar-refractivity contribution is 0.0795. The summed E-state index contributed by atoms with van der Waals surface area (Å²) in [6.45, 7) is 1.84. The first-order valence-electron chi connectivity index (χ1n) is 4.25. The van der Waals surface area contributed by atoms with Gasteiger partial charge in [-0.25, -0.2) is 0 Å². The van der Waals surface area contributed by atoms with E-state index < -0.39 is 6.10 Å². The highest BCUT2D eigenvalue weighted by Crippen LogP contribution is 2.38. The number of fused-ring (bicyclic) bond motifs is 1. The van der Waals surface area contributed by atoms with E-state index in [1.165, 1.54) is 0 Å². The second-order valence-corrected chi connectivity index (χ2v) is 3.17. The predicted octanol–water partition coefficient (Wildman–Crippen LogP) is 1.51. The monoisotopic (exact) mass is 180 g/mol. The lowest BCUT2D eigenvalue weighted by Gasteiger charge is -2.06. The number of benzene rings is 1. The van der Waals surface area contributed by atoms with E-state index in [0.717, 1.165) is 17.1 Å². The zero-order valence-corrected chi connectivity index (χ0v) is 7.65. The van der Waals surface area contributed by atoms with Crippen molar-refractivity contribution in [2.24, 2.45) is 0 Å². The molecule has 1 aromatic carbocycles. The molecule has 0 bridgehead atoms. The molecule has 1 aliphatic heterocycles. The molecule has 3 nitrogen and oxygen atoms in total. The third kappa shape index (κ3) is 1.25. The van der Waals surface area contributed by atoms with Crippen LogP contribution in [0.25, 0.3) is 0 Å². The summed E-state index contributed by atoms with van der Waals surface area (Å²) in [5.74, 6) is 1.47. The molecule has 13 heavy (non-hydrogen) atoms. The van der Waals surface area contributed by atoms with Gasteiger partial charge in [-0.3, -0.25) is 0 Å². The molecule has 1 aliphatic rings. The van der Waals surface area contributed by atoms with Crippen LogP contribution in [0, 0.1) is 0 Å². The number of rotatable bonds is 1. The molecule has 0 radical (unpaired) electrons. The molecule has 0 amide bonds. The highest BCUT2D eigenvalue weighted by Gasteiger charge is 2.29. The van der Waals surface area contributed by atoms with Crippen LogP contribution in [-0.2, 0) is 0 Å². The molecular weight excluding hydrogens is 168 g/mol. The zero-order valence-electron chi connectivity index (χ0n) is 7.65. The smallest absolute Gasteiger partial charge is 0.129 e. The fourth-order valence-corrected chi connectivity index (χ4v) is 1.51. The van der Waals surface area contributed by atoms with E-state index in [-0.39, 0.29) is 6.10 Å². The number of hydrogen-bond donors (Lipinski definition) is 1. The standard InChI is InChI=1S/C10H12O3/c1-6-10(11)8-4-3-7(12-2)5-9(8)13-6/h3-6,10-11H,1-2H3. The summed E-state index contributed by atoms with van der Waals surface area (Å²) < 4.78 is 10.5. The molecule has 2 unspecified atom stereocenters. The van der Waals surface area contributed by atoms with Crippen molar-refractivity contribution in [3.05, 3.63) is 23.8 Å². The fourth-order valence-electron chi connectivity index (χ4n) is 1.51. The van der Waals surface area contributed by atoms with Crippen molar-refractivity contribution in [2.75, 3.05) is 7.11 Å². The van der Waals surface area contributed by atoms with Crippen LogP contribution in [0.1, 0.15) is 18.6 Å². The van der Waals surface area contributed by atoms with E-state index in [2.05, 4.69) is 0 Å². The van der Waals surface area contributed by atoms with Crippen LogP contribution in [0.3, 0.4) is 0 Å². The van der Waals surface area contributed by atoms with Crippen LogP contribution in [-0.4, -0.2) is 18.3 Å². The second kappa shape index (κ2) is 2.92. The van der Waals surface area contributed by atoms with Crippen LogP contribution in [0.2, 0.25) is 0 Å². The first-order chi connectivity index (χ1) is 6.22. The zero-order chi connectivity index (χ0) is 9.42. The van der Waals surface area contributed by atoms with Gasteiger partial charge < -0.3 is 14.6 Å².